The molecule has 0 bridgehead atoms. The largest absolute Gasteiger partial charge is 0.466 e. The molecule has 1 aromatic rings. The van der Waals surface area contributed by atoms with Crippen LogP contribution in [0.2, 0.25) is 0 Å². The number of hydrogen-bond donors (Lipinski definition) is 1. The van der Waals surface area contributed by atoms with Crippen LogP contribution in [0.25, 0.3) is 0 Å². The van der Waals surface area contributed by atoms with E-state index in [0.717, 1.165) is 16.8 Å². The standard InChI is InChI=1S/C9H12BrNO/c10-7-5-9(12-6-7)8-3-1-2-4-11-8/h5-6,8,11H,1-4H2. The Bertz CT molecular complexity index is 253. The van der Waals surface area contributed by atoms with E-state index in [1.54, 1.807) is 6.26 Å². The highest BCUT2D eigenvalue weighted by Gasteiger charge is 2.17. The first-order valence-electron chi connectivity index (χ1n) is 4.33. The van der Waals surface area contributed by atoms with E-state index in [2.05, 4.69) is 21.2 Å². The molecule has 0 saturated carbocycles. The molecular formula is C9H12BrNO. The lowest BCUT2D eigenvalue weighted by Crippen LogP contribution is -2.26. The molecule has 0 radical (unpaired) electrons. The maximum absolute atomic E-state index is 5.39. The molecule has 2 rings (SSSR count). The van der Waals surface area contributed by atoms with E-state index in [9.17, 15) is 0 Å². The number of nitrogens with one attached hydrogen (secondary N) is 1. The van der Waals surface area contributed by atoms with Gasteiger partial charge in [0.1, 0.15) is 12.0 Å². The fraction of sp³-hybridized carbons (Fsp3) is 0.556. The van der Waals surface area contributed by atoms with Gasteiger partial charge in [0, 0.05) is 0 Å². The van der Waals surface area contributed by atoms with Gasteiger partial charge in [-0.05, 0) is 41.4 Å². The highest BCUT2D eigenvalue weighted by molar-refractivity contribution is 9.10. The lowest BCUT2D eigenvalue weighted by atomic mass is 10.0. The summed E-state index contributed by atoms with van der Waals surface area (Å²) in [5.74, 6) is 1.06. The van der Waals surface area contributed by atoms with E-state index in [4.69, 9.17) is 4.42 Å². The molecule has 0 aliphatic carbocycles. The third-order valence-corrected chi connectivity index (χ3v) is 2.66. The van der Waals surface area contributed by atoms with Crippen LogP contribution in [-0.4, -0.2) is 6.54 Å². The number of furan rings is 1. The van der Waals surface area contributed by atoms with Gasteiger partial charge >= 0.3 is 0 Å². The first-order valence-corrected chi connectivity index (χ1v) is 5.13. The van der Waals surface area contributed by atoms with Gasteiger partial charge in [-0.25, -0.2) is 0 Å². The predicted molar refractivity (Wildman–Crippen MR) is 51.0 cm³/mol. The molecule has 1 unspecified atom stereocenters. The van der Waals surface area contributed by atoms with Crippen molar-refractivity contribution in [2.24, 2.45) is 0 Å². The molecule has 1 N–H and O–H groups in total. The van der Waals surface area contributed by atoms with Crippen LogP contribution in [0.15, 0.2) is 21.2 Å². The summed E-state index contributed by atoms with van der Waals surface area (Å²) in [5, 5.41) is 3.43. The van der Waals surface area contributed by atoms with Gasteiger partial charge in [-0.15, -0.1) is 0 Å². The minimum Gasteiger partial charge on any atom is -0.466 e. The smallest absolute Gasteiger partial charge is 0.121 e. The first-order chi connectivity index (χ1) is 5.86. The van der Waals surface area contributed by atoms with Crippen molar-refractivity contribution in [3.8, 4) is 0 Å². The number of halogens is 1. The van der Waals surface area contributed by atoms with E-state index < -0.39 is 0 Å². The molecule has 0 aromatic carbocycles. The third-order valence-electron chi connectivity index (χ3n) is 2.24. The Kier molecular flexibility index (Phi) is 2.51. The molecule has 0 spiro atoms. The second-order valence-electron chi connectivity index (χ2n) is 3.17. The molecule has 0 amide bonds. The van der Waals surface area contributed by atoms with E-state index in [0.29, 0.717) is 6.04 Å². The van der Waals surface area contributed by atoms with Crippen LogP contribution >= 0.6 is 15.9 Å². The lowest BCUT2D eigenvalue weighted by molar-refractivity contribution is 0.349. The molecule has 12 heavy (non-hydrogen) atoms. The van der Waals surface area contributed by atoms with Crippen LogP contribution in [0.1, 0.15) is 31.1 Å². The Morgan fingerprint density at radius 3 is 3.00 bits per heavy atom. The van der Waals surface area contributed by atoms with Crippen molar-refractivity contribution in [1.29, 1.82) is 0 Å². The molecule has 1 aliphatic rings. The fourth-order valence-corrected chi connectivity index (χ4v) is 1.92. The first kappa shape index (κ1) is 8.32. The lowest BCUT2D eigenvalue weighted by Gasteiger charge is -2.21. The molecule has 1 atom stereocenters. The van der Waals surface area contributed by atoms with Crippen LogP contribution in [0.5, 0.6) is 0 Å². The van der Waals surface area contributed by atoms with Crippen LogP contribution in [0, 0.1) is 0 Å². The van der Waals surface area contributed by atoms with Crippen molar-refractivity contribution >= 4 is 15.9 Å². The summed E-state index contributed by atoms with van der Waals surface area (Å²) in [6.45, 7) is 1.11. The Labute approximate surface area is 80.5 Å². The van der Waals surface area contributed by atoms with E-state index >= 15 is 0 Å². The van der Waals surface area contributed by atoms with Crippen LogP contribution < -0.4 is 5.32 Å². The predicted octanol–water partition coefficient (Wildman–Crippen LogP) is 2.86. The average Bonchev–Trinajstić information content (AvgIpc) is 2.54. The van der Waals surface area contributed by atoms with Gasteiger partial charge in [-0.1, -0.05) is 6.42 Å². The van der Waals surface area contributed by atoms with Crippen LogP contribution in [0.4, 0.5) is 0 Å². The molecule has 1 aromatic heterocycles. The normalized spacial score (nSPS) is 24.2. The van der Waals surface area contributed by atoms with E-state index in [-0.39, 0.29) is 0 Å². The molecular weight excluding hydrogens is 218 g/mol. The average molecular weight is 230 g/mol. The summed E-state index contributed by atoms with van der Waals surface area (Å²) in [5.41, 5.74) is 0. The molecule has 1 fully saturated rings. The van der Waals surface area contributed by atoms with E-state index in [1.807, 2.05) is 6.07 Å². The van der Waals surface area contributed by atoms with Crippen molar-refractivity contribution in [1.82, 2.24) is 5.32 Å². The van der Waals surface area contributed by atoms with Gasteiger partial charge in [-0.2, -0.15) is 0 Å². The number of piperidine rings is 1. The molecule has 1 aliphatic heterocycles. The summed E-state index contributed by atoms with van der Waals surface area (Å²) >= 11 is 3.38. The monoisotopic (exact) mass is 229 g/mol. The van der Waals surface area contributed by atoms with Gasteiger partial charge in [-0.3, -0.25) is 0 Å². The van der Waals surface area contributed by atoms with Crippen molar-refractivity contribution < 1.29 is 4.42 Å². The van der Waals surface area contributed by atoms with E-state index in [1.165, 1.54) is 19.3 Å². The minimum atomic E-state index is 0.435. The maximum atomic E-state index is 5.39. The number of rotatable bonds is 1. The second kappa shape index (κ2) is 3.62. The molecule has 3 heteroatoms. The Hall–Kier alpha value is -0.280. The van der Waals surface area contributed by atoms with Gasteiger partial charge < -0.3 is 9.73 Å². The topological polar surface area (TPSA) is 25.2 Å². The fourth-order valence-electron chi connectivity index (χ4n) is 1.61. The summed E-state index contributed by atoms with van der Waals surface area (Å²) in [6, 6.07) is 2.48. The van der Waals surface area contributed by atoms with Gasteiger partial charge in [0.05, 0.1) is 10.5 Å². The summed E-state index contributed by atoms with van der Waals surface area (Å²) in [6.07, 6.45) is 5.53. The SMILES string of the molecule is Brc1coc(C2CCCCN2)c1. The van der Waals surface area contributed by atoms with Crippen molar-refractivity contribution in [3.63, 3.8) is 0 Å². The zero-order chi connectivity index (χ0) is 8.39. The van der Waals surface area contributed by atoms with Gasteiger partial charge in [0.15, 0.2) is 0 Å². The third kappa shape index (κ3) is 1.72. The minimum absolute atomic E-state index is 0.435. The molecule has 1 saturated heterocycles. The molecule has 66 valence electrons. The number of hydrogen-bond acceptors (Lipinski definition) is 2. The highest BCUT2D eigenvalue weighted by Crippen LogP contribution is 2.26. The zero-order valence-corrected chi connectivity index (χ0v) is 8.43. The van der Waals surface area contributed by atoms with Crippen molar-refractivity contribution in [3.05, 3.63) is 22.6 Å². The Morgan fingerprint density at radius 2 is 2.42 bits per heavy atom. The van der Waals surface area contributed by atoms with Crippen molar-refractivity contribution in [2.45, 2.75) is 25.3 Å². The van der Waals surface area contributed by atoms with Crippen LogP contribution in [0.3, 0.4) is 0 Å². The summed E-state index contributed by atoms with van der Waals surface area (Å²) in [4.78, 5) is 0. The van der Waals surface area contributed by atoms with Crippen LogP contribution in [-0.2, 0) is 0 Å². The Balaban J connectivity index is 2.08. The summed E-state index contributed by atoms with van der Waals surface area (Å²) in [7, 11) is 0. The zero-order valence-electron chi connectivity index (χ0n) is 6.85. The van der Waals surface area contributed by atoms with Gasteiger partial charge in [0.25, 0.3) is 0 Å². The van der Waals surface area contributed by atoms with Gasteiger partial charge in [0.2, 0.25) is 0 Å². The highest BCUT2D eigenvalue weighted by atomic mass is 79.9. The second-order valence-corrected chi connectivity index (χ2v) is 4.09. The maximum Gasteiger partial charge on any atom is 0.121 e. The quantitative estimate of drug-likeness (QED) is 0.802. The molecule has 2 heterocycles. The molecule has 2 nitrogen and oxygen atoms in total. The Morgan fingerprint density at radius 1 is 1.50 bits per heavy atom. The van der Waals surface area contributed by atoms with Crippen molar-refractivity contribution in [2.75, 3.05) is 6.54 Å². The summed E-state index contributed by atoms with van der Waals surface area (Å²) < 4.78 is 6.43.